The Morgan fingerprint density at radius 1 is 1.37 bits per heavy atom. The molecular weight excluding hydrogens is 314 g/mol. The third-order valence-corrected chi connectivity index (χ3v) is 3.86. The van der Waals surface area contributed by atoms with E-state index >= 15 is 0 Å². The highest BCUT2D eigenvalue weighted by Gasteiger charge is 2.22. The van der Waals surface area contributed by atoms with Crippen LogP contribution in [0, 0.1) is 6.92 Å². The monoisotopic (exact) mass is 325 g/mol. The van der Waals surface area contributed by atoms with Gasteiger partial charge in [0, 0.05) is 5.56 Å². The Balaban J connectivity index is 2.13. The standard InChI is InChI=1S/C12H12BrN3O3/c1-6-7(12-15-9(5-14)19-16-12)4-8-11(10(6)13)18-3-2-17-8/h4H,2-3,5,14H2,1H3. The predicted molar refractivity (Wildman–Crippen MR) is 71.1 cm³/mol. The number of hydrogen-bond acceptors (Lipinski definition) is 6. The van der Waals surface area contributed by atoms with Crippen molar-refractivity contribution < 1.29 is 14.0 Å². The summed E-state index contributed by atoms with van der Waals surface area (Å²) in [5.41, 5.74) is 7.27. The Labute approximate surface area is 118 Å². The Kier molecular flexibility index (Phi) is 3.16. The maximum Gasteiger partial charge on any atom is 0.240 e. The lowest BCUT2D eigenvalue weighted by Crippen LogP contribution is -2.16. The van der Waals surface area contributed by atoms with E-state index in [9.17, 15) is 0 Å². The summed E-state index contributed by atoms with van der Waals surface area (Å²) in [5, 5.41) is 3.92. The first-order valence-corrected chi connectivity index (χ1v) is 6.61. The average molecular weight is 326 g/mol. The van der Waals surface area contributed by atoms with Crippen LogP contribution in [0.3, 0.4) is 0 Å². The van der Waals surface area contributed by atoms with Crippen molar-refractivity contribution in [3.63, 3.8) is 0 Å². The Hall–Kier alpha value is -1.60. The minimum atomic E-state index is 0.220. The van der Waals surface area contributed by atoms with E-state index in [4.69, 9.17) is 19.7 Å². The van der Waals surface area contributed by atoms with E-state index in [1.807, 2.05) is 13.0 Å². The van der Waals surface area contributed by atoms with Crippen molar-refractivity contribution in [3.8, 4) is 22.9 Å². The molecule has 0 saturated heterocycles. The molecule has 1 aliphatic heterocycles. The lowest BCUT2D eigenvalue weighted by molar-refractivity contribution is 0.170. The van der Waals surface area contributed by atoms with Gasteiger partial charge in [0.1, 0.15) is 13.2 Å². The normalized spacial score (nSPS) is 13.6. The summed E-state index contributed by atoms with van der Waals surface area (Å²) in [6.45, 7) is 3.25. The molecule has 6 nitrogen and oxygen atoms in total. The Morgan fingerprint density at radius 2 is 2.16 bits per heavy atom. The fraction of sp³-hybridized carbons (Fsp3) is 0.333. The van der Waals surface area contributed by atoms with E-state index < -0.39 is 0 Å². The van der Waals surface area contributed by atoms with Crippen LogP contribution in [0.15, 0.2) is 15.1 Å². The van der Waals surface area contributed by atoms with Gasteiger partial charge in [-0.2, -0.15) is 4.98 Å². The third-order valence-electron chi connectivity index (χ3n) is 2.90. The van der Waals surface area contributed by atoms with Crippen LogP contribution in [-0.2, 0) is 6.54 Å². The number of nitrogens with zero attached hydrogens (tertiary/aromatic N) is 2. The van der Waals surface area contributed by atoms with Crippen LogP contribution in [-0.4, -0.2) is 23.4 Å². The van der Waals surface area contributed by atoms with Gasteiger partial charge in [0.25, 0.3) is 0 Å². The second-order valence-electron chi connectivity index (χ2n) is 4.10. The van der Waals surface area contributed by atoms with E-state index in [0.29, 0.717) is 30.7 Å². The van der Waals surface area contributed by atoms with Gasteiger partial charge in [0.05, 0.1) is 11.0 Å². The summed E-state index contributed by atoms with van der Waals surface area (Å²) < 4.78 is 17.1. The second kappa shape index (κ2) is 4.82. The van der Waals surface area contributed by atoms with Crippen molar-refractivity contribution in [2.24, 2.45) is 5.73 Å². The van der Waals surface area contributed by atoms with Crippen molar-refractivity contribution in [2.75, 3.05) is 13.2 Å². The molecule has 3 rings (SSSR count). The molecule has 2 N–H and O–H groups in total. The lowest BCUT2D eigenvalue weighted by Gasteiger charge is -2.21. The minimum absolute atomic E-state index is 0.220. The molecule has 1 aliphatic rings. The first-order chi connectivity index (χ1) is 9.20. The molecule has 2 aromatic rings. The molecule has 0 bridgehead atoms. The molecule has 19 heavy (non-hydrogen) atoms. The summed E-state index contributed by atoms with van der Waals surface area (Å²) in [6, 6.07) is 1.86. The van der Waals surface area contributed by atoms with Gasteiger partial charge in [0.15, 0.2) is 11.5 Å². The van der Waals surface area contributed by atoms with Crippen LogP contribution < -0.4 is 15.2 Å². The van der Waals surface area contributed by atoms with E-state index in [2.05, 4.69) is 26.1 Å². The number of halogens is 1. The van der Waals surface area contributed by atoms with Gasteiger partial charge < -0.3 is 19.7 Å². The molecule has 0 aliphatic carbocycles. The lowest BCUT2D eigenvalue weighted by atomic mass is 10.1. The van der Waals surface area contributed by atoms with Crippen molar-refractivity contribution >= 4 is 15.9 Å². The highest BCUT2D eigenvalue weighted by molar-refractivity contribution is 9.10. The Morgan fingerprint density at radius 3 is 2.89 bits per heavy atom. The average Bonchev–Trinajstić information content (AvgIpc) is 2.91. The summed E-state index contributed by atoms with van der Waals surface area (Å²) in [6.07, 6.45) is 0. The summed E-state index contributed by atoms with van der Waals surface area (Å²) in [5.74, 6) is 2.30. The topological polar surface area (TPSA) is 83.4 Å². The van der Waals surface area contributed by atoms with E-state index in [1.54, 1.807) is 0 Å². The molecule has 0 radical (unpaired) electrons. The summed E-state index contributed by atoms with van der Waals surface area (Å²) in [4.78, 5) is 4.23. The van der Waals surface area contributed by atoms with Crippen LogP contribution in [0.1, 0.15) is 11.5 Å². The molecule has 0 spiro atoms. The van der Waals surface area contributed by atoms with Gasteiger partial charge in [-0.1, -0.05) is 5.16 Å². The van der Waals surface area contributed by atoms with Gasteiger partial charge in [-0.25, -0.2) is 0 Å². The van der Waals surface area contributed by atoms with E-state index in [0.717, 1.165) is 21.3 Å². The fourth-order valence-corrected chi connectivity index (χ4v) is 2.44. The molecule has 0 unspecified atom stereocenters. The zero-order valence-corrected chi connectivity index (χ0v) is 11.9. The number of rotatable bonds is 2. The van der Waals surface area contributed by atoms with Crippen molar-refractivity contribution in [1.82, 2.24) is 10.1 Å². The molecule has 0 amide bonds. The third kappa shape index (κ3) is 2.08. The number of ether oxygens (including phenoxy) is 2. The van der Waals surface area contributed by atoms with Crippen LogP contribution in [0.4, 0.5) is 0 Å². The van der Waals surface area contributed by atoms with Crippen molar-refractivity contribution in [3.05, 3.63) is 22.0 Å². The molecule has 2 heterocycles. The predicted octanol–water partition coefficient (Wildman–Crippen LogP) is 2.04. The van der Waals surface area contributed by atoms with Gasteiger partial charge in [-0.05, 0) is 34.5 Å². The van der Waals surface area contributed by atoms with E-state index in [-0.39, 0.29) is 6.54 Å². The van der Waals surface area contributed by atoms with Gasteiger partial charge in [0.2, 0.25) is 11.7 Å². The van der Waals surface area contributed by atoms with Gasteiger partial charge in [-0.15, -0.1) is 0 Å². The first-order valence-electron chi connectivity index (χ1n) is 5.82. The quantitative estimate of drug-likeness (QED) is 0.909. The molecule has 0 atom stereocenters. The molecule has 1 aromatic heterocycles. The Bertz CT molecular complexity index is 627. The number of nitrogens with two attached hydrogens (primary N) is 1. The maximum absolute atomic E-state index is 5.60. The van der Waals surface area contributed by atoms with Crippen LogP contribution in [0.25, 0.3) is 11.4 Å². The largest absolute Gasteiger partial charge is 0.486 e. The van der Waals surface area contributed by atoms with Gasteiger partial charge >= 0.3 is 0 Å². The second-order valence-corrected chi connectivity index (χ2v) is 4.90. The highest BCUT2D eigenvalue weighted by atomic mass is 79.9. The smallest absolute Gasteiger partial charge is 0.240 e. The van der Waals surface area contributed by atoms with Crippen LogP contribution in [0.2, 0.25) is 0 Å². The summed E-state index contributed by atoms with van der Waals surface area (Å²) >= 11 is 3.52. The van der Waals surface area contributed by atoms with Crippen molar-refractivity contribution in [2.45, 2.75) is 13.5 Å². The van der Waals surface area contributed by atoms with Crippen LogP contribution >= 0.6 is 15.9 Å². The number of benzene rings is 1. The minimum Gasteiger partial charge on any atom is -0.486 e. The summed E-state index contributed by atoms with van der Waals surface area (Å²) in [7, 11) is 0. The number of aromatic nitrogens is 2. The van der Waals surface area contributed by atoms with E-state index in [1.165, 1.54) is 0 Å². The highest BCUT2D eigenvalue weighted by Crippen LogP contribution is 2.43. The SMILES string of the molecule is Cc1c(-c2noc(CN)n2)cc2c(c1Br)OCCO2. The first kappa shape index (κ1) is 12.4. The zero-order chi connectivity index (χ0) is 13.4. The molecule has 0 saturated carbocycles. The molecule has 7 heteroatoms. The molecular formula is C12H12BrN3O3. The van der Waals surface area contributed by atoms with Gasteiger partial charge in [-0.3, -0.25) is 0 Å². The molecule has 1 aromatic carbocycles. The van der Waals surface area contributed by atoms with Crippen molar-refractivity contribution in [1.29, 1.82) is 0 Å². The number of fused-ring (bicyclic) bond motifs is 1. The zero-order valence-electron chi connectivity index (χ0n) is 10.3. The van der Waals surface area contributed by atoms with Crippen LogP contribution in [0.5, 0.6) is 11.5 Å². The fourth-order valence-electron chi connectivity index (χ4n) is 1.92. The number of hydrogen-bond donors (Lipinski definition) is 1. The molecule has 0 fully saturated rings. The molecule has 100 valence electrons. The maximum atomic E-state index is 5.60.